The van der Waals surface area contributed by atoms with E-state index in [0.29, 0.717) is 0 Å². The number of ether oxygens (including phenoxy) is 1. The van der Waals surface area contributed by atoms with Crippen LogP contribution >= 0.6 is 0 Å². The van der Waals surface area contributed by atoms with Crippen molar-refractivity contribution in [3.8, 4) is 5.75 Å². The molecule has 1 rings (SSSR count). The number of amides is 1. The normalized spacial score (nSPS) is 11.1. The maximum atomic E-state index is 11.9. The molecule has 100 valence electrons. The summed E-state index contributed by atoms with van der Waals surface area (Å²) in [5.41, 5.74) is 5.79. The van der Waals surface area contributed by atoms with Crippen molar-refractivity contribution < 1.29 is 22.7 Å². The zero-order valence-electron chi connectivity index (χ0n) is 9.67. The van der Waals surface area contributed by atoms with E-state index in [0.717, 1.165) is 0 Å². The maximum absolute atomic E-state index is 11.9. The number of nitrogen functional groups attached to an aromatic ring is 1. The minimum atomic E-state index is -4.31. The first-order chi connectivity index (χ1) is 8.35. The highest BCUT2D eigenvalue weighted by molar-refractivity contribution is 6.01. The number of nitrogens with one attached hydrogen (secondary N) is 1. The summed E-state index contributed by atoms with van der Waals surface area (Å²) in [6, 6.07) is 4.57. The van der Waals surface area contributed by atoms with E-state index in [4.69, 9.17) is 10.5 Å². The fraction of sp³-hybridized carbons (Fsp3) is 0.364. The molecule has 0 saturated carbocycles. The Hall–Kier alpha value is -1.92. The summed E-state index contributed by atoms with van der Waals surface area (Å²) in [7, 11) is 1.35. The second-order valence-corrected chi connectivity index (χ2v) is 3.55. The second kappa shape index (κ2) is 5.61. The van der Waals surface area contributed by atoms with Crippen LogP contribution in [0.5, 0.6) is 5.75 Å². The van der Waals surface area contributed by atoms with E-state index in [9.17, 15) is 18.0 Å². The fourth-order valence-electron chi connectivity index (χ4n) is 1.37. The summed E-state index contributed by atoms with van der Waals surface area (Å²) in [5.74, 6) is -0.464. The van der Waals surface area contributed by atoms with E-state index in [1.807, 2.05) is 0 Å². The Morgan fingerprint density at radius 3 is 2.67 bits per heavy atom. The quantitative estimate of drug-likeness (QED) is 0.815. The molecule has 1 aromatic rings. The molecule has 0 unspecified atom stereocenters. The number of anilines is 1. The van der Waals surface area contributed by atoms with E-state index in [2.05, 4.69) is 5.32 Å². The van der Waals surface area contributed by atoms with Crippen molar-refractivity contribution in [2.45, 2.75) is 12.6 Å². The van der Waals surface area contributed by atoms with Gasteiger partial charge in [0.25, 0.3) is 5.91 Å². The van der Waals surface area contributed by atoms with Crippen LogP contribution in [0.25, 0.3) is 0 Å². The molecule has 0 radical (unpaired) electrons. The number of benzene rings is 1. The Bertz CT molecular complexity index is 433. The molecule has 0 aliphatic carbocycles. The largest absolute Gasteiger partial charge is 0.496 e. The van der Waals surface area contributed by atoms with Gasteiger partial charge in [-0.25, -0.2) is 0 Å². The average molecular weight is 262 g/mol. The summed E-state index contributed by atoms with van der Waals surface area (Å²) in [5, 5.41) is 2.15. The van der Waals surface area contributed by atoms with Crippen LogP contribution in [0.3, 0.4) is 0 Å². The fourth-order valence-corrected chi connectivity index (χ4v) is 1.37. The molecule has 0 saturated heterocycles. The maximum Gasteiger partial charge on any atom is 0.390 e. The van der Waals surface area contributed by atoms with Gasteiger partial charge in [-0.15, -0.1) is 0 Å². The van der Waals surface area contributed by atoms with E-state index >= 15 is 0 Å². The molecule has 18 heavy (non-hydrogen) atoms. The molecule has 0 spiro atoms. The molecule has 1 amide bonds. The van der Waals surface area contributed by atoms with Gasteiger partial charge in [-0.05, 0) is 12.1 Å². The molecular formula is C11H13F3N2O2. The SMILES string of the molecule is COc1cccc(N)c1C(=O)NCCC(F)(F)F. The Balaban J connectivity index is 2.73. The van der Waals surface area contributed by atoms with E-state index in [1.54, 1.807) is 6.07 Å². The van der Waals surface area contributed by atoms with Gasteiger partial charge in [0.2, 0.25) is 0 Å². The number of methoxy groups -OCH3 is 1. The van der Waals surface area contributed by atoms with Crippen LogP contribution in [0.1, 0.15) is 16.8 Å². The smallest absolute Gasteiger partial charge is 0.390 e. The van der Waals surface area contributed by atoms with Gasteiger partial charge in [0.1, 0.15) is 11.3 Å². The number of alkyl halides is 3. The highest BCUT2D eigenvalue weighted by atomic mass is 19.4. The molecule has 0 heterocycles. The van der Waals surface area contributed by atoms with Crippen LogP contribution in [0.2, 0.25) is 0 Å². The average Bonchev–Trinajstić information content (AvgIpc) is 2.26. The Morgan fingerprint density at radius 2 is 2.11 bits per heavy atom. The van der Waals surface area contributed by atoms with Gasteiger partial charge in [0.05, 0.1) is 13.5 Å². The standard InChI is InChI=1S/C11H13F3N2O2/c1-18-8-4-2-3-7(15)9(8)10(17)16-6-5-11(12,13)14/h2-4H,5-6,15H2,1H3,(H,16,17). The first-order valence-corrected chi connectivity index (χ1v) is 5.12. The predicted molar refractivity (Wildman–Crippen MR) is 60.4 cm³/mol. The Morgan fingerprint density at radius 1 is 1.44 bits per heavy atom. The topological polar surface area (TPSA) is 64.3 Å². The van der Waals surface area contributed by atoms with Crippen molar-refractivity contribution in [1.29, 1.82) is 0 Å². The summed E-state index contributed by atoms with van der Waals surface area (Å²) in [4.78, 5) is 11.7. The zero-order valence-corrected chi connectivity index (χ0v) is 9.67. The van der Waals surface area contributed by atoms with Crippen molar-refractivity contribution in [1.82, 2.24) is 5.32 Å². The molecule has 0 aliphatic rings. The Labute approximate surface area is 102 Å². The molecule has 3 N–H and O–H groups in total. The van der Waals surface area contributed by atoms with Gasteiger partial charge in [0.15, 0.2) is 0 Å². The molecule has 1 aromatic carbocycles. The second-order valence-electron chi connectivity index (χ2n) is 3.55. The lowest BCUT2D eigenvalue weighted by Gasteiger charge is -2.12. The van der Waals surface area contributed by atoms with Gasteiger partial charge in [0, 0.05) is 12.2 Å². The number of hydrogen-bond acceptors (Lipinski definition) is 3. The van der Waals surface area contributed by atoms with Crippen molar-refractivity contribution in [3.63, 3.8) is 0 Å². The lowest BCUT2D eigenvalue weighted by molar-refractivity contribution is -0.132. The van der Waals surface area contributed by atoms with Crippen molar-refractivity contribution >= 4 is 11.6 Å². The molecule has 0 aromatic heterocycles. The first kappa shape index (κ1) is 14.1. The third kappa shape index (κ3) is 3.83. The minimum absolute atomic E-state index is 0.0437. The van der Waals surface area contributed by atoms with Crippen LogP contribution in [0.15, 0.2) is 18.2 Å². The highest BCUT2D eigenvalue weighted by Gasteiger charge is 2.27. The number of carbonyl (C=O) groups excluding carboxylic acids is 1. The van der Waals surface area contributed by atoms with E-state index in [1.165, 1.54) is 19.2 Å². The molecule has 0 atom stereocenters. The minimum Gasteiger partial charge on any atom is -0.496 e. The summed E-state index contributed by atoms with van der Waals surface area (Å²) < 4.78 is 40.7. The van der Waals surface area contributed by atoms with Crippen molar-refractivity contribution in [2.75, 3.05) is 19.4 Å². The summed E-state index contributed by atoms with van der Waals surface area (Å²) >= 11 is 0. The van der Waals surface area contributed by atoms with E-state index < -0.39 is 25.0 Å². The highest BCUT2D eigenvalue weighted by Crippen LogP contribution is 2.24. The van der Waals surface area contributed by atoms with Gasteiger partial charge in [-0.3, -0.25) is 4.79 Å². The molecule has 0 aliphatic heterocycles. The summed E-state index contributed by atoms with van der Waals surface area (Å²) in [6.07, 6.45) is -5.40. The lowest BCUT2D eigenvalue weighted by Crippen LogP contribution is -2.28. The van der Waals surface area contributed by atoms with Gasteiger partial charge >= 0.3 is 6.18 Å². The molecule has 0 fully saturated rings. The number of carbonyl (C=O) groups is 1. The predicted octanol–water partition coefficient (Wildman–Crippen LogP) is 1.96. The molecule has 4 nitrogen and oxygen atoms in total. The molecular weight excluding hydrogens is 249 g/mol. The zero-order chi connectivity index (χ0) is 13.8. The van der Waals surface area contributed by atoms with Crippen molar-refractivity contribution in [3.05, 3.63) is 23.8 Å². The van der Waals surface area contributed by atoms with Gasteiger partial charge < -0.3 is 15.8 Å². The number of nitrogens with two attached hydrogens (primary N) is 1. The third-order valence-corrected chi connectivity index (χ3v) is 2.20. The van der Waals surface area contributed by atoms with E-state index in [-0.39, 0.29) is 17.0 Å². The van der Waals surface area contributed by atoms with Crippen LogP contribution in [0, 0.1) is 0 Å². The Kier molecular flexibility index (Phi) is 4.41. The summed E-state index contributed by atoms with van der Waals surface area (Å²) in [6.45, 7) is -0.500. The van der Waals surface area contributed by atoms with Crippen LogP contribution in [0.4, 0.5) is 18.9 Å². The van der Waals surface area contributed by atoms with Crippen LogP contribution in [-0.4, -0.2) is 25.7 Å². The number of halogens is 3. The van der Waals surface area contributed by atoms with Crippen molar-refractivity contribution in [2.24, 2.45) is 0 Å². The number of rotatable bonds is 4. The molecule has 0 bridgehead atoms. The lowest BCUT2D eigenvalue weighted by atomic mass is 10.1. The third-order valence-electron chi connectivity index (χ3n) is 2.20. The monoisotopic (exact) mass is 262 g/mol. The van der Waals surface area contributed by atoms with Crippen LogP contribution < -0.4 is 15.8 Å². The van der Waals surface area contributed by atoms with Gasteiger partial charge in [-0.1, -0.05) is 6.07 Å². The molecule has 7 heteroatoms. The van der Waals surface area contributed by atoms with Gasteiger partial charge in [-0.2, -0.15) is 13.2 Å². The first-order valence-electron chi connectivity index (χ1n) is 5.12. The van der Waals surface area contributed by atoms with Crippen LogP contribution in [-0.2, 0) is 0 Å². The number of hydrogen-bond donors (Lipinski definition) is 2.